The summed E-state index contributed by atoms with van der Waals surface area (Å²) in [6.07, 6.45) is 1.27. The molecular formula is C18H21NO7S. The Morgan fingerprint density at radius 2 is 1.93 bits per heavy atom. The molecule has 1 aromatic carbocycles. The first-order valence-corrected chi connectivity index (χ1v) is 9.19. The Balaban J connectivity index is 1.95. The van der Waals surface area contributed by atoms with E-state index >= 15 is 0 Å². The van der Waals surface area contributed by atoms with Crippen molar-refractivity contribution in [2.75, 3.05) is 39.7 Å². The highest BCUT2D eigenvalue weighted by atomic mass is 32.2. The van der Waals surface area contributed by atoms with Gasteiger partial charge in [0.05, 0.1) is 49.8 Å². The van der Waals surface area contributed by atoms with Crippen LogP contribution in [0.15, 0.2) is 29.3 Å². The molecule has 27 heavy (non-hydrogen) atoms. The van der Waals surface area contributed by atoms with Crippen LogP contribution >= 0.6 is 11.8 Å². The van der Waals surface area contributed by atoms with Gasteiger partial charge in [-0.1, -0.05) is 11.8 Å². The van der Waals surface area contributed by atoms with Crippen molar-refractivity contribution in [2.24, 2.45) is 0 Å². The van der Waals surface area contributed by atoms with E-state index in [1.165, 1.54) is 43.0 Å². The predicted octanol–water partition coefficient (Wildman–Crippen LogP) is 1.84. The van der Waals surface area contributed by atoms with Crippen LogP contribution in [-0.2, 0) is 19.1 Å². The van der Waals surface area contributed by atoms with Crippen LogP contribution in [0.25, 0.3) is 0 Å². The highest BCUT2D eigenvalue weighted by Gasteiger charge is 2.27. The fraction of sp³-hybridized carbons (Fsp3) is 0.389. The molecule has 146 valence electrons. The normalized spacial score (nSPS) is 15.0. The maximum atomic E-state index is 12.2. The van der Waals surface area contributed by atoms with E-state index in [1.54, 1.807) is 19.1 Å². The quantitative estimate of drug-likeness (QED) is 0.486. The van der Waals surface area contributed by atoms with Crippen LogP contribution in [0.1, 0.15) is 17.3 Å². The van der Waals surface area contributed by atoms with Crippen molar-refractivity contribution < 1.29 is 33.3 Å². The van der Waals surface area contributed by atoms with Crippen molar-refractivity contribution in [2.45, 2.75) is 6.92 Å². The van der Waals surface area contributed by atoms with Gasteiger partial charge in [-0.3, -0.25) is 4.79 Å². The number of benzene rings is 1. The van der Waals surface area contributed by atoms with Gasteiger partial charge < -0.3 is 23.8 Å². The summed E-state index contributed by atoms with van der Waals surface area (Å²) >= 11 is 1.24. The lowest BCUT2D eigenvalue weighted by Crippen LogP contribution is -2.29. The Hall–Kier alpha value is -2.68. The van der Waals surface area contributed by atoms with Crippen LogP contribution in [0.5, 0.6) is 11.5 Å². The van der Waals surface area contributed by atoms with Gasteiger partial charge in [0, 0.05) is 0 Å². The lowest BCUT2D eigenvalue weighted by atomic mass is 10.2. The van der Waals surface area contributed by atoms with Gasteiger partial charge in [0.15, 0.2) is 11.5 Å². The summed E-state index contributed by atoms with van der Waals surface area (Å²) in [5.41, 5.74) is 0.303. The van der Waals surface area contributed by atoms with Crippen molar-refractivity contribution in [3.63, 3.8) is 0 Å². The molecule has 0 radical (unpaired) electrons. The first kappa shape index (κ1) is 20.6. The third kappa shape index (κ3) is 5.40. The SMILES string of the molecule is CCOC(=O)/C=C1/SCC(=O)N1CCOC(=O)c1ccc(OC)c(OC)c1. The van der Waals surface area contributed by atoms with Crippen molar-refractivity contribution in [1.29, 1.82) is 0 Å². The van der Waals surface area contributed by atoms with Crippen LogP contribution in [0.2, 0.25) is 0 Å². The maximum Gasteiger partial charge on any atom is 0.338 e. The molecule has 1 heterocycles. The minimum Gasteiger partial charge on any atom is -0.493 e. The number of thioether (sulfide) groups is 1. The predicted molar refractivity (Wildman–Crippen MR) is 98.7 cm³/mol. The summed E-state index contributed by atoms with van der Waals surface area (Å²) in [4.78, 5) is 37.1. The lowest BCUT2D eigenvalue weighted by molar-refractivity contribution is -0.137. The number of nitrogens with zero attached hydrogens (tertiary/aromatic N) is 1. The topological polar surface area (TPSA) is 91.4 Å². The van der Waals surface area contributed by atoms with Gasteiger partial charge in [0.2, 0.25) is 5.91 Å². The number of amides is 1. The molecule has 0 aromatic heterocycles. The van der Waals surface area contributed by atoms with Crippen LogP contribution in [0.4, 0.5) is 0 Å². The number of carbonyl (C=O) groups is 3. The second-order valence-corrected chi connectivity index (χ2v) is 6.27. The van der Waals surface area contributed by atoms with Crippen LogP contribution < -0.4 is 9.47 Å². The van der Waals surface area contributed by atoms with E-state index in [4.69, 9.17) is 18.9 Å². The third-order valence-corrected chi connectivity index (χ3v) is 4.63. The van der Waals surface area contributed by atoms with E-state index in [9.17, 15) is 14.4 Å². The zero-order chi connectivity index (χ0) is 19.8. The Morgan fingerprint density at radius 3 is 2.59 bits per heavy atom. The molecule has 0 unspecified atom stereocenters. The number of esters is 2. The molecule has 1 fully saturated rings. The summed E-state index contributed by atoms with van der Waals surface area (Å²) < 4.78 is 20.4. The molecule has 0 spiro atoms. The minimum atomic E-state index is -0.550. The molecule has 8 nitrogen and oxygen atoms in total. The summed E-state index contributed by atoms with van der Waals surface area (Å²) in [5.74, 6) is -0.0689. The average molecular weight is 395 g/mol. The maximum absolute atomic E-state index is 12.2. The van der Waals surface area contributed by atoms with Gasteiger partial charge in [-0.2, -0.15) is 0 Å². The van der Waals surface area contributed by atoms with Crippen LogP contribution in [0, 0.1) is 0 Å². The number of rotatable bonds is 8. The fourth-order valence-electron chi connectivity index (χ4n) is 2.33. The molecule has 1 saturated heterocycles. The molecule has 0 N–H and O–H groups in total. The Bertz CT molecular complexity index is 747. The van der Waals surface area contributed by atoms with Gasteiger partial charge in [-0.05, 0) is 25.1 Å². The van der Waals surface area contributed by atoms with Crippen LogP contribution in [-0.4, -0.2) is 62.5 Å². The van der Waals surface area contributed by atoms with E-state index in [0.29, 0.717) is 22.1 Å². The van der Waals surface area contributed by atoms with Gasteiger partial charge in [-0.25, -0.2) is 9.59 Å². The van der Waals surface area contributed by atoms with Gasteiger partial charge >= 0.3 is 11.9 Å². The van der Waals surface area contributed by atoms with E-state index in [0.717, 1.165) is 0 Å². The smallest absolute Gasteiger partial charge is 0.338 e. The molecule has 1 amide bonds. The molecule has 9 heteroatoms. The average Bonchev–Trinajstić information content (AvgIpc) is 3.00. The van der Waals surface area contributed by atoms with E-state index in [2.05, 4.69) is 0 Å². The molecule has 1 aromatic rings. The molecule has 0 atom stereocenters. The Morgan fingerprint density at radius 1 is 1.19 bits per heavy atom. The van der Waals surface area contributed by atoms with Crippen molar-refractivity contribution in [3.8, 4) is 11.5 Å². The molecular weight excluding hydrogens is 374 g/mol. The molecule has 1 aliphatic rings. The summed E-state index contributed by atoms with van der Waals surface area (Å²) in [6.45, 7) is 2.09. The Kier molecular flexibility index (Phi) is 7.54. The highest BCUT2D eigenvalue weighted by Crippen LogP contribution is 2.29. The third-order valence-electron chi connectivity index (χ3n) is 3.61. The zero-order valence-corrected chi connectivity index (χ0v) is 16.2. The number of ether oxygens (including phenoxy) is 4. The zero-order valence-electron chi connectivity index (χ0n) is 15.4. The molecule has 0 saturated carbocycles. The van der Waals surface area contributed by atoms with Crippen LogP contribution in [0.3, 0.4) is 0 Å². The summed E-state index contributed by atoms with van der Waals surface area (Å²) in [6, 6.07) is 4.69. The van der Waals surface area contributed by atoms with Gasteiger partial charge in [0.1, 0.15) is 6.61 Å². The van der Waals surface area contributed by atoms with E-state index < -0.39 is 11.9 Å². The fourth-order valence-corrected chi connectivity index (χ4v) is 3.29. The largest absolute Gasteiger partial charge is 0.493 e. The minimum absolute atomic E-state index is 0.0142. The second-order valence-electron chi connectivity index (χ2n) is 5.27. The molecule has 2 rings (SSSR count). The first-order valence-electron chi connectivity index (χ1n) is 8.21. The second kappa shape index (κ2) is 9.86. The number of methoxy groups -OCH3 is 2. The van der Waals surface area contributed by atoms with Crippen molar-refractivity contribution >= 4 is 29.6 Å². The molecule has 1 aliphatic heterocycles. The number of hydrogen-bond donors (Lipinski definition) is 0. The van der Waals surface area contributed by atoms with Crippen molar-refractivity contribution in [1.82, 2.24) is 4.90 Å². The summed E-state index contributed by atoms with van der Waals surface area (Å²) in [7, 11) is 2.98. The summed E-state index contributed by atoms with van der Waals surface area (Å²) in [5, 5.41) is 0.487. The molecule has 0 aliphatic carbocycles. The highest BCUT2D eigenvalue weighted by molar-refractivity contribution is 8.04. The number of carbonyl (C=O) groups excluding carboxylic acids is 3. The lowest BCUT2D eigenvalue weighted by Gasteiger charge is -2.17. The standard InChI is InChI=1S/C18H21NO7S/c1-4-25-17(21)10-16-19(15(20)11-27-16)7-8-26-18(22)12-5-6-13(23-2)14(9-12)24-3/h5-6,9-10H,4,7-8,11H2,1-3H3/b16-10+. The van der Waals surface area contributed by atoms with Gasteiger partial charge in [-0.15, -0.1) is 0 Å². The number of hydrogen-bond acceptors (Lipinski definition) is 8. The van der Waals surface area contributed by atoms with E-state index in [-0.39, 0.29) is 31.4 Å². The first-order chi connectivity index (χ1) is 13.0. The monoisotopic (exact) mass is 395 g/mol. The van der Waals surface area contributed by atoms with E-state index in [1.807, 2.05) is 0 Å². The Labute approximate surface area is 161 Å². The molecule has 0 bridgehead atoms. The van der Waals surface area contributed by atoms with Crippen molar-refractivity contribution in [3.05, 3.63) is 34.9 Å². The van der Waals surface area contributed by atoms with Gasteiger partial charge in [0.25, 0.3) is 0 Å².